The number of rotatable bonds is 7. The summed E-state index contributed by atoms with van der Waals surface area (Å²) in [5, 5.41) is 2.61. The molecule has 8 heteroatoms. The molecule has 0 unspecified atom stereocenters. The highest BCUT2D eigenvalue weighted by Crippen LogP contribution is 2.29. The zero-order valence-corrected chi connectivity index (χ0v) is 15.5. The van der Waals surface area contributed by atoms with Gasteiger partial charge in [-0.25, -0.2) is 0 Å². The van der Waals surface area contributed by atoms with Gasteiger partial charge in [0.15, 0.2) is 0 Å². The topological polar surface area (TPSA) is 58.6 Å². The normalized spacial score (nSPS) is 11.0. The summed E-state index contributed by atoms with van der Waals surface area (Å²) >= 11 is 0. The van der Waals surface area contributed by atoms with Gasteiger partial charge in [-0.05, 0) is 43.3 Å². The fraction of sp³-hybridized carbons (Fsp3) is 0.300. The number of amides is 2. The Morgan fingerprint density at radius 2 is 1.71 bits per heavy atom. The molecule has 0 aliphatic heterocycles. The Bertz CT molecular complexity index is 820. The second-order valence-electron chi connectivity index (χ2n) is 5.90. The van der Waals surface area contributed by atoms with Crippen molar-refractivity contribution in [3.05, 3.63) is 59.7 Å². The standard InChI is InChI=1S/C20H21F3N2O3/c1-3-28-18-7-5-4-6-17(18)25(14(2)26)13-12-24-19(27)15-8-10-16(11-9-15)20(21,22)23/h4-11H,3,12-13H2,1-2H3,(H,24,27). The monoisotopic (exact) mass is 394 g/mol. The lowest BCUT2D eigenvalue weighted by Crippen LogP contribution is -2.37. The zero-order valence-electron chi connectivity index (χ0n) is 15.5. The average molecular weight is 394 g/mol. The van der Waals surface area contributed by atoms with Crippen LogP contribution in [0.4, 0.5) is 18.9 Å². The fourth-order valence-corrected chi connectivity index (χ4v) is 2.60. The minimum atomic E-state index is -4.45. The van der Waals surface area contributed by atoms with Crippen molar-refractivity contribution >= 4 is 17.5 Å². The minimum absolute atomic E-state index is 0.108. The van der Waals surface area contributed by atoms with Crippen molar-refractivity contribution < 1.29 is 27.5 Å². The summed E-state index contributed by atoms with van der Waals surface area (Å²) in [5.74, 6) is -0.194. The molecule has 5 nitrogen and oxygen atoms in total. The maximum Gasteiger partial charge on any atom is 0.416 e. The molecule has 0 radical (unpaired) electrons. The van der Waals surface area contributed by atoms with Crippen LogP contribution in [0.2, 0.25) is 0 Å². The second kappa shape index (κ2) is 9.25. The summed E-state index contributed by atoms with van der Waals surface area (Å²) in [6.07, 6.45) is -4.45. The largest absolute Gasteiger partial charge is 0.492 e. The summed E-state index contributed by atoms with van der Waals surface area (Å²) in [6, 6.07) is 11.0. The molecule has 0 spiro atoms. The van der Waals surface area contributed by atoms with E-state index in [1.54, 1.807) is 24.3 Å². The van der Waals surface area contributed by atoms with Crippen molar-refractivity contribution in [2.45, 2.75) is 20.0 Å². The maximum atomic E-state index is 12.6. The quantitative estimate of drug-likeness (QED) is 0.775. The molecule has 2 rings (SSSR count). The van der Waals surface area contributed by atoms with E-state index in [1.165, 1.54) is 11.8 Å². The lowest BCUT2D eigenvalue weighted by molar-refractivity contribution is -0.137. The van der Waals surface area contributed by atoms with Crippen molar-refractivity contribution in [2.24, 2.45) is 0 Å². The molecule has 0 aromatic heterocycles. The van der Waals surface area contributed by atoms with E-state index in [0.29, 0.717) is 18.0 Å². The van der Waals surface area contributed by atoms with Crippen LogP contribution in [0.5, 0.6) is 5.75 Å². The molecule has 0 aliphatic carbocycles. The molecule has 0 saturated carbocycles. The third kappa shape index (κ3) is 5.48. The number of alkyl halides is 3. The maximum absolute atomic E-state index is 12.6. The molecule has 0 heterocycles. The van der Waals surface area contributed by atoms with Crippen LogP contribution in [-0.2, 0) is 11.0 Å². The predicted octanol–water partition coefficient (Wildman–Crippen LogP) is 3.89. The minimum Gasteiger partial charge on any atom is -0.492 e. The Morgan fingerprint density at radius 3 is 2.29 bits per heavy atom. The van der Waals surface area contributed by atoms with Crippen molar-refractivity contribution in [2.75, 3.05) is 24.6 Å². The molecule has 0 saturated heterocycles. The van der Waals surface area contributed by atoms with Gasteiger partial charge >= 0.3 is 6.18 Å². The molecule has 0 atom stereocenters. The van der Waals surface area contributed by atoms with Crippen LogP contribution >= 0.6 is 0 Å². The molecular weight excluding hydrogens is 373 g/mol. The first-order valence-corrected chi connectivity index (χ1v) is 8.69. The summed E-state index contributed by atoms with van der Waals surface area (Å²) in [7, 11) is 0. The van der Waals surface area contributed by atoms with Crippen LogP contribution in [0.15, 0.2) is 48.5 Å². The van der Waals surface area contributed by atoms with Crippen LogP contribution in [-0.4, -0.2) is 31.5 Å². The molecule has 2 aromatic carbocycles. The number of nitrogens with zero attached hydrogens (tertiary/aromatic N) is 1. The Balaban J connectivity index is 2.01. The van der Waals surface area contributed by atoms with E-state index in [0.717, 1.165) is 24.3 Å². The molecule has 0 bridgehead atoms. The summed E-state index contributed by atoms with van der Waals surface area (Å²) in [4.78, 5) is 25.6. The predicted molar refractivity (Wildman–Crippen MR) is 99.4 cm³/mol. The van der Waals surface area contributed by atoms with Gasteiger partial charge < -0.3 is 15.0 Å². The van der Waals surface area contributed by atoms with Crippen LogP contribution in [0.3, 0.4) is 0 Å². The number of nitrogens with one attached hydrogen (secondary N) is 1. The number of benzene rings is 2. The van der Waals surface area contributed by atoms with E-state index in [4.69, 9.17) is 4.74 Å². The highest BCUT2D eigenvalue weighted by molar-refractivity contribution is 5.95. The van der Waals surface area contributed by atoms with Crippen molar-refractivity contribution in [1.29, 1.82) is 0 Å². The van der Waals surface area contributed by atoms with Gasteiger partial charge in [0, 0.05) is 25.6 Å². The molecule has 2 amide bonds. The van der Waals surface area contributed by atoms with Gasteiger partial charge in [0.1, 0.15) is 5.75 Å². The first-order valence-electron chi connectivity index (χ1n) is 8.69. The van der Waals surface area contributed by atoms with Crippen molar-refractivity contribution in [3.63, 3.8) is 0 Å². The number of ether oxygens (including phenoxy) is 1. The lowest BCUT2D eigenvalue weighted by Gasteiger charge is -2.23. The molecule has 2 aromatic rings. The summed E-state index contributed by atoms with van der Waals surface area (Å²) < 4.78 is 43.3. The Labute approximate surface area is 161 Å². The van der Waals surface area contributed by atoms with E-state index in [1.807, 2.05) is 6.92 Å². The summed E-state index contributed by atoms with van der Waals surface area (Å²) in [6.45, 7) is 3.98. The molecule has 150 valence electrons. The molecule has 1 N–H and O–H groups in total. The number of carbonyl (C=O) groups is 2. The molecule has 0 aliphatic rings. The smallest absolute Gasteiger partial charge is 0.416 e. The SMILES string of the molecule is CCOc1ccccc1N(CCNC(=O)c1ccc(C(F)(F)F)cc1)C(C)=O. The van der Waals surface area contributed by atoms with Crippen LogP contribution < -0.4 is 15.0 Å². The third-order valence-electron chi connectivity index (χ3n) is 3.93. The zero-order chi connectivity index (χ0) is 20.7. The Hall–Kier alpha value is -3.03. The van der Waals surface area contributed by atoms with E-state index in [-0.39, 0.29) is 24.6 Å². The fourth-order valence-electron chi connectivity index (χ4n) is 2.60. The van der Waals surface area contributed by atoms with E-state index < -0.39 is 17.6 Å². The van der Waals surface area contributed by atoms with E-state index in [2.05, 4.69) is 5.32 Å². The Kier molecular flexibility index (Phi) is 7.03. The van der Waals surface area contributed by atoms with Gasteiger partial charge in [0.2, 0.25) is 5.91 Å². The number of anilines is 1. The lowest BCUT2D eigenvalue weighted by atomic mass is 10.1. The van der Waals surface area contributed by atoms with Crippen LogP contribution in [0, 0.1) is 0 Å². The van der Waals surface area contributed by atoms with Crippen molar-refractivity contribution in [3.8, 4) is 5.75 Å². The second-order valence-corrected chi connectivity index (χ2v) is 5.90. The van der Waals surface area contributed by atoms with Gasteiger partial charge in [0.25, 0.3) is 5.91 Å². The highest BCUT2D eigenvalue weighted by Gasteiger charge is 2.30. The number of hydrogen-bond acceptors (Lipinski definition) is 3. The first kappa shape index (κ1) is 21.3. The number of carbonyl (C=O) groups excluding carboxylic acids is 2. The van der Waals surface area contributed by atoms with Gasteiger partial charge in [-0.2, -0.15) is 13.2 Å². The highest BCUT2D eigenvalue weighted by atomic mass is 19.4. The van der Waals surface area contributed by atoms with E-state index >= 15 is 0 Å². The molecule has 28 heavy (non-hydrogen) atoms. The van der Waals surface area contributed by atoms with Crippen LogP contribution in [0.1, 0.15) is 29.8 Å². The number of hydrogen-bond donors (Lipinski definition) is 1. The van der Waals surface area contributed by atoms with Gasteiger partial charge in [-0.15, -0.1) is 0 Å². The van der Waals surface area contributed by atoms with Gasteiger partial charge in [-0.3, -0.25) is 9.59 Å². The van der Waals surface area contributed by atoms with Crippen LogP contribution in [0.25, 0.3) is 0 Å². The molecular formula is C20H21F3N2O3. The molecule has 0 fully saturated rings. The van der Waals surface area contributed by atoms with Gasteiger partial charge in [-0.1, -0.05) is 12.1 Å². The average Bonchev–Trinajstić information content (AvgIpc) is 2.65. The number of halogens is 3. The van der Waals surface area contributed by atoms with Gasteiger partial charge in [0.05, 0.1) is 17.9 Å². The summed E-state index contributed by atoms with van der Waals surface area (Å²) in [5.41, 5.74) is -0.128. The number of para-hydroxylation sites is 2. The first-order chi connectivity index (χ1) is 13.2. The third-order valence-corrected chi connectivity index (χ3v) is 3.93. The Morgan fingerprint density at radius 1 is 1.07 bits per heavy atom. The van der Waals surface area contributed by atoms with E-state index in [9.17, 15) is 22.8 Å². The van der Waals surface area contributed by atoms with Crippen molar-refractivity contribution in [1.82, 2.24) is 5.32 Å².